The maximum atomic E-state index is 12.6. The Balaban J connectivity index is 1.39. The average molecular weight is 576 g/mol. The summed E-state index contributed by atoms with van der Waals surface area (Å²) in [6.45, 7) is 8.04. The Morgan fingerprint density at radius 3 is 2.67 bits per heavy atom. The summed E-state index contributed by atoms with van der Waals surface area (Å²) in [4.78, 5) is 26.2. The van der Waals surface area contributed by atoms with Crippen LogP contribution in [-0.4, -0.2) is 79.2 Å². The van der Waals surface area contributed by atoms with Crippen molar-refractivity contribution in [3.8, 4) is 18.0 Å². The van der Waals surface area contributed by atoms with Crippen LogP contribution >= 0.6 is 0 Å². The summed E-state index contributed by atoms with van der Waals surface area (Å²) >= 11 is 0. The highest BCUT2D eigenvalue weighted by atomic mass is 16.5. The highest BCUT2D eigenvalue weighted by Gasteiger charge is 2.35. The first-order valence-electron chi connectivity index (χ1n) is 15.1. The average Bonchev–Trinajstić information content (AvgIpc) is 3.46. The van der Waals surface area contributed by atoms with E-state index in [1.165, 1.54) is 16.8 Å². The number of rotatable bonds is 7. The fourth-order valence-corrected chi connectivity index (χ4v) is 6.86. The number of fused-ring (bicyclic) bond motifs is 2. The Kier molecular flexibility index (Phi) is 8.18. The van der Waals surface area contributed by atoms with Crippen molar-refractivity contribution < 1.29 is 9.53 Å². The van der Waals surface area contributed by atoms with Crippen molar-refractivity contribution in [3.05, 3.63) is 71.8 Å². The van der Waals surface area contributed by atoms with Gasteiger partial charge in [-0.05, 0) is 50.4 Å². The van der Waals surface area contributed by atoms with E-state index in [9.17, 15) is 15.3 Å². The zero-order chi connectivity index (χ0) is 29.9. The van der Waals surface area contributed by atoms with Gasteiger partial charge in [0.15, 0.2) is 0 Å². The van der Waals surface area contributed by atoms with E-state index in [0.717, 1.165) is 55.0 Å². The van der Waals surface area contributed by atoms with E-state index in [4.69, 9.17) is 9.72 Å². The first-order chi connectivity index (χ1) is 21.0. The van der Waals surface area contributed by atoms with E-state index in [2.05, 4.69) is 82.9 Å². The molecular formula is C34H37N7O2. The number of nitrogens with zero attached hydrogens (tertiary/aromatic N) is 7. The fourth-order valence-electron chi connectivity index (χ4n) is 6.86. The van der Waals surface area contributed by atoms with Gasteiger partial charge in [0.25, 0.3) is 0 Å². The molecule has 4 heterocycles. The van der Waals surface area contributed by atoms with Crippen LogP contribution in [0.1, 0.15) is 36.0 Å². The number of piperazine rings is 1. The molecule has 2 saturated heterocycles. The standard InChI is InChI=1S/C34H37N7O2/c1-3-32(42)41-19-18-40(21-25(41)13-15-35)33-28-14-17-39(31-12-6-9-24-8-4-5-11-27(24)31)22-30(28)29(20-36)34(37-33)43-23-26-10-7-16-38(26)2/h3-6,8-9,11-12,25-26H,1,7,10,13-14,16-19,21-23H2,2H3/t25-,26+/m1/s1. The number of benzene rings is 2. The zero-order valence-corrected chi connectivity index (χ0v) is 24.7. The molecule has 0 N–H and O–H groups in total. The van der Waals surface area contributed by atoms with Gasteiger partial charge in [-0.1, -0.05) is 43.0 Å². The number of aromatic nitrogens is 1. The molecule has 6 rings (SSSR count). The summed E-state index contributed by atoms with van der Waals surface area (Å²) in [6.07, 6.45) is 4.44. The van der Waals surface area contributed by atoms with Crippen molar-refractivity contribution in [2.24, 2.45) is 0 Å². The number of pyridine rings is 1. The summed E-state index contributed by atoms with van der Waals surface area (Å²) < 4.78 is 6.39. The first kappa shape index (κ1) is 28.5. The molecule has 0 aliphatic carbocycles. The van der Waals surface area contributed by atoms with Gasteiger partial charge in [-0.15, -0.1) is 0 Å². The Labute approximate surface area is 253 Å². The van der Waals surface area contributed by atoms with Gasteiger partial charge in [-0.2, -0.15) is 15.5 Å². The number of likely N-dealkylation sites (N-methyl/N-ethyl adjacent to an activating group) is 1. The van der Waals surface area contributed by atoms with Crippen molar-refractivity contribution in [1.82, 2.24) is 14.8 Å². The highest BCUT2D eigenvalue weighted by molar-refractivity contribution is 5.94. The van der Waals surface area contributed by atoms with Crippen LogP contribution in [0.4, 0.5) is 11.5 Å². The van der Waals surface area contributed by atoms with Crippen LogP contribution in [0.2, 0.25) is 0 Å². The van der Waals surface area contributed by atoms with Gasteiger partial charge in [0.2, 0.25) is 11.8 Å². The monoisotopic (exact) mass is 575 g/mol. The Morgan fingerprint density at radius 2 is 1.91 bits per heavy atom. The van der Waals surface area contributed by atoms with Gasteiger partial charge < -0.3 is 24.3 Å². The molecule has 0 radical (unpaired) electrons. The number of carbonyl (C=O) groups is 1. The van der Waals surface area contributed by atoms with E-state index in [1.54, 1.807) is 4.90 Å². The van der Waals surface area contributed by atoms with E-state index in [-0.39, 0.29) is 24.4 Å². The molecule has 0 bridgehead atoms. The van der Waals surface area contributed by atoms with Crippen LogP contribution in [0.5, 0.6) is 5.88 Å². The topological polar surface area (TPSA) is 99.7 Å². The molecular weight excluding hydrogens is 538 g/mol. The number of likely N-dealkylation sites (tertiary alicyclic amines) is 1. The molecule has 3 aliphatic heterocycles. The number of nitriles is 2. The molecule has 9 nitrogen and oxygen atoms in total. The smallest absolute Gasteiger partial charge is 0.246 e. The molecule has 3 aliphatic rings. The first-order valence-corrected chi connectivity index (χ1v) is 15.1. The number of hydrogen-bond acceptors (Lipinski definition) is 8. The van der Waals surface area contributed by atoms with Crippen LogP contribution in [-0.2, 0) is 17.8 Å². The minimum Gasteiger partial charge on any atom is -0.475 e. The van der Waals surface area contributed by atoms with Gasteiger partial charge in [-0.25, -0.2) is 0 Å². The molecule has 0 spiro atoms. The molecule has 2 atom stereocenters. The summed E-state index contributed by atoms with van der Waals surface area (Å²) in [6, 6.07) is 19.5. The van der Waals surface area contributed by atoms with Crippen LogP contribution in [0.25, 0.3) is 10.8 Å². The van der Waals surface area contributed by atoms with Gasteiger partial charge in [0.1, 0.15) is 24.1 Å². The summed E-state index contributed by atoms with van der Waals surface area (Å²) in [5, 5.41) is 22.4. The predicted molar refractivity (Wildman–Crippen MR) is 167 cm³/mol. The Bertz CT molecular complexity index is 1620. The van der Waals surface area contributed by atoms with Crippen molar-refractivity contribution >= 4 is 28.2 Å². The third-order valence-electron chi connectivity index (χ3n) is 9.21. The quantitative estimate of drug-likeness (QED) is 0.386. The second-order valence-corrected chi connectivity index (χ2v) is 11.6. The second kappa shape index (κ2) is 12.3. The summed E-state index contributed by atoms with van der Waals surface area (Å²) in [7, 11) is 2.11. The lowest BCUT2D eigenvalue weighted by Crippen LogP contribution is -2.55. The second-order valence-electron chi connectivity index (χ2n) is 11.6. The van der Waals surface area contributed by atoms with Crippen LogP contribution in [0, 0.1) is 22.7 Å². The Morgan fingerprint density at radius 1 is 1.07 bits per heavy atom. The summed E-state index contributed by atoms with van der Waals surface area (Å²) in [5.41, 5.74) is 3.64. The van der Waals surface area contributed by atoms with Gasteiger partial charge >= 0.3 is 0 Å². The summed E-state index contributed by atoms with van der Waals surface area (Å²) in [5.74, 6) is 1.01. The van der Waals surface area contributed by atoms with Crippen molar-refractivity contribution in [1.29, 1.82) is 10.5 Å². The maximum Gasteiger partial charge on any atom is 0.246 e. The molecule has 9 heteroatoms. The lowest BCUT2D eigenvalue weighted by atomic mass is 9.94. The number of hydrogen-bond donors (Lipinski definition) is 0. The molecule has 43 heavy (non-hydrogen) atoms. The minimum atomic E-state index is -0.273. The number of ether oxygens (including phenoxy) is 1. The van der Waals surface area contributed by atoms with Crippen molar-refractivity contribution in [2.75, 3.05) is 56.2 Å². The van der Waals surface area contributed by atoms with E-state index >= 15 is 0 Å². The third kappa shape index (κ3) is 5.49. The number of amides is 1. The van der Waals surface area contributed by atoms with E-state index in [0.29, 0.717) is 44.2 Å². The minimum absolute atomic E-state index is 0.162. The number of carbonyl (C=O) groups excluding carboxylic acids is 1. The number of anilines is 2. The molecule has 1 aromatic heterocycles. The SMILES string of the molecule is C=CC(=O)N1CCN(c2nc(OC[C@@H]3CCCN3C)c(C#N)c3c2CCN(c2cccc4ccccc24)C3)C[C@H]1CC#N. The van der Waals surface area contributed by atoms with Gasteiger partial charge in [0.05, 0.1) is 18.5 Å². The van der Waals surface area contributed by atoms with Crippen LogP contribution in [0.3, 0.4) is 0 Å². The van der Waals surface area contributed by atoms with Crippen LogP contribution < -0.4 is 14.5 Å². The Hall–Kier alpha value is -4.60. The molecule has 0 saturated carbocycles. The van der Waals surface area contributed by atoms with Crippen LogP contribution in [0.15, 0.2) is 55.1 Å². The fraction of sp³-hybridized carbons (Fsp3) is 0.412. The van der Waals surface area contributed by atoms with Gasteiger partial charge in [0, 0.05) is 61.0 Å². The lowest BCUT2D eigenvalue weighted by molar-refractivity contribution is -0.128. The van der Waals surface area contributed by atoms with Gasteiger partial charge in [-0.3, -0.25) is 4.79 Å². The maximum absolute atomic E-state index is 12.6. The van der Waals surface area contributed by atoms with Crippen molar-refractivity contribution in [2.45, 2.75) is 44.3 Å². The van der Waals surface area contributed by atoms with E-state index < -0.39 is 0 Å². The molecule has 220 valence electrons. The molecule has 1 amide bonds. The third-order valence-corrected chi connectivity index (χ3v) is 9.21. The van der Waals surface area contributed by atoms with Crippen molar-refractivity contribution in [3.63, 3.8) is 0 Å². The molecule has 2 aromatic carbocycles. The molecule has 2 fully saturated rings. The predicted octanol–water partition coefficient (Wildman–Crippen LogP) is 4.26. The highest BCUT2D eigenvalue weighted by Crippen LogP contribution is 2.38. The molecule has 0 unspecified atom stereocenters. The van der Waals surface area contributed by atoms with E-state index in [1.807, 2.05) is 0 Å². The molecule has 3 aromatic rings. The normalized spacial score (nSPS) is 20.4. The zero-order valence-electron chi connectivity index (χ0n) is 24.7. The lowest BCUT2D eigenvalue weighted by Gasteiger charge is -2.42. The largest absolute Gasteiger partial charge is 0.475 e.